The number of carbonyl (C=O) groups is 2. The van der Waals surface area contributed by atoms with Crippen molar-refractivity contribution in [3.8, 4) is 0 Å². The number of hydrogen-bond acceptors (Lipinski definition) is 5. The predicted octanol–water partition coefficient (Wildman–Crippen LogP) is 4.64. The number of carbonyl (C=O) groups excluding carboxylic acids is 1. The highest BCUT2D eigenvalue weighted by molar-refractivity contribution is 6.11. The highest BCUT2D eigenvalue weighted by Gasteiger charge is 2.41. The molecule has 34 heavy (non-hydrogen) atoms. The summed E-state index contributed by atoms with van der Waals surface area (Å²) in [7, 11) is 0. The Bertz CT molecular complexity index is 796. The second kappa shape index (κ2) is 12.4. The van der Waals surface area contributed by atoms with Crippen LogP contribution in [0.3, 0.4) is 0 Å². The Morgan fingerprint density at radius 3 is 2.50 bits per heavy atom. The lowest BCUT2D eigenvalue weighted by Crippen LogP contribution is -2.51. The van der Waals surface area contributed by atoms with E-state index in [0.717, 1.165) is 37.8 Å². The fourth-order valence-corrected chi connectivity index (χ4v) is 6.31. The number of carboxylic acids is 1. The van der Waals surface area contributed by atoms with Gasteiger partial charge in [0.15, 0.2) is 0 Å². The largest absolute Gasteiger partial charge is 0.478 e. The van der Waals surface area contributed by atoms with Crippen molar-refractivity contribution in [3.05, 3.63) is 23.1 Å². The molecule has 3 saturated carbocycles. The van der Waals surface area contributed by atoms with Gasteiger partial charge in [0.1, 0.15) is 5.57 Å². The van der Waals surface area contributed by atoms with E-state index in [0.29, 0.717) is 30.3 Å². The molecule has 0 aromatic rings. The van der Waals surface area contributed by atoms with Gasteiger partial charge in [-0.2, -0.15) is 0 Å². The van der Waals surface area contributed by atoms with Gasteiger partial charge in [-0.3, -0.25) is 4.79 Å². The predicted molar refractivity (Wildman–Crippen MR) is 133 cm³/mol. The molecule has 3 rings (SSSR count). The molecule has 0 heterocycles. The lowest BCUT2D eigenvalue weighted by molar-refractivity contribution is -0.132. The molecule has 4 N–H and O–H groups in total. The number of fused-ring (bicyclic) bond motifs is 2. The molecule has 3 aliphatic carbocycles. The molecule has 0 spiro atoms. The van der Waals surface area contributed by atoms with Crippen molar-refractivity contribution in [3.63, 3.8) is 0 Å². The summed E-state index contributed by atoms with van der Waals surface area (Å²) < 4.78 is 6.09. The summed E-state index contributed by atoms with van der Waals surface area (Å²) in [6, 6.07) is 0.107. The third-order valence-corrected chi connectivity index (χ3v) is 8.03. The van der Waals surface area contributed by atoms with E-state index >= 15 is 0 Å². The molecule has 0 aromatic heterocycles. The monoisotopic (exact) mass is 473 g/mol. The quantitative estimate of drug-likeness (QED) is 0.210. The second-order valence-corrected chi connectivity index (χ2v) is 10.9. The summed E-state index contributed by atoms with van der Waals surface area (Å²) in [6.45, 7) is 6.78. The van der Waals surface area contributed by atoms with E-state index in [1.165, 1.54) is 39.0 Å². The van der Waals surface area contributed by atoms with Gasteiger partial charge in [0.25, 0.3) is 5.91 Å². The molecule has 1 amide bonds. The van der Waals surface area contributed by atoms with Crippen molar-refractivity contribution >= 4 is 18.1 Å². The van der Waals surface area contributed by atoms with E-state index in [-0.39, 0.29) is 35.5 Å². The molecule has 0 aliphatic heterocycles. The molecule has 7 nitrogen and oxygen atoms in total. The first-order valence-corrected chi connectivity index (χ1v) is 13.1. The zero-order valence-electron chi connectivity index (χ0n) is 21.1. The van der Waals surface area contributed by atoms with Gasteiger partial charge in [0, 0.05) is 24.4 Å². The summed E-state index contributed by atoms with van der Waals surface area (Å²) in [5.41, 5.74) is 0.396. The summed E-state index contributed by atoms with van der Waals surface area (Å²) in [6.07, 6.45) is 13.2. The summed E-state index contributed by atoms with van der Waals surface area (Å²) in [5, 5.41) is 23.5. The molecule has 0 aromatic carbocycles. The topological polar surface area (TPSA) is 112 Å². The maximum Gasteiger partial charge on any atom is 0.331 e. The van der Waals surface area contributed by atoms with Crippen molar-refractivity contribution < 1.29 is 19.4 Å². The summed E-state index contributed by atoms with van der Waals surface area (Å²) in [5.74, 6) is 1.79. The molecule has 3 aliphatic rings. The van der Waals surface area contributed by atoms with Crippen molar-refractivity contribution in [1.29, 1.82) is 5.41 Å². The number of aliphatic carboxylic acids is 1. The minimum Gasteiger partial charge on any atom is -0.478 e. The fraction of sp³-hybridized carbons (Fsp3) is 0.741. The zero-order valence-corrected chi connectivity index (χ0v) is 21.1. The standard InChI is InChI=1S/C27H43N3O4/c1-17-11-21-13-19(3)24(22(12-17)14-21)30-25(31)23(15-28)26(29-10-9-18(2)27(32)33)34-16-20-7-5-4-6-8-20/h9,15,17,19-22,24,28-29H,4-8,10-14,16H2,1-3H3,(H,30,31)(H,32,33)/b18-9+,26-23-,28-15?. The van der Waals surface area contributed by atoms with Crippen LogP contribution in [0.5, 0.6) is 0 Å². The van der Waals surface area contributed by atoms with Crippen molar-refractivity contribution in [2.75, 3.05) is 13.2 Å². The maximum absolute atomic E-state index is 13.4. The van der Waals surface area contributed by atoms with Crippen LogP contribution in [0.4, 0.5) is 0 Å². The fourth-order valence-electron chi connectivity index (χ4n) is 6.31. The van der Waals surface area contributed by atoms with E-state index in [1.807, 2.05) is 0 Å². The third kappa shape index (κ3) is 7.09. The summed E-state index contributed by atoms with van der Waals surface area (Å²) in [4.78, 5) is 24.5. The molecule has 0 saturated heterocycles. The average molecular weight is 474 g/mol. The Morgan fingerprint density at radius 1 is 1.09 bits per heavy atom. The van der Waals surface area contributed by atoms with Crippen molar-refractivity contribution in [1.82, 2.24) is 10.6 Å². The van der Waals surface area contributed by atoms with Crippen molar-refractivity contribution in [2.24, 2.45) is 29.6 Å². The lowest BCUT2D eigenvalue weighted by Gasteiger charge is -2.46. The van der Waals surface area contributed by atoms with E-state index < -0.39 is 5.97 Å². The van der Waals surface area contributed by atoms with Crippen LogP contribution >= 0.6 is 0 Å². The van der Waals surface area contributed by atoms with Gasteiger partial charge >= 0.3 is 5.97 Å². The van der Waals surface area contributed by atoms with E-state index in [1.54, 1.807) is 6.08 Å². The van der Waals surface area contributed by atoms with Crippen LogP contribution in [0.25, 0.3) is 0 Å². The minimum atomic E-state index is -0.980. The van der Waals surface area contributed by atoms with Crippen molar-refractivity contribution in [2.45, 2.75) is 84.6 Å². The average Bonchev–Trinajstić information content (AvgIpc) is 2.80. The van der Waals surface area contributed by atoms with Crippen LogP contribution in [0.15, 0.2) is 23.1 Å². The lowest BCUT2D eigenvalue weighted by atomic mass is 9.63. The van der Waals surface area contributed by atoms with Crippen LogP contribution < -0.4 is 10.6 Å². The molecule has 7 heteroatoms. The van der Waals surface area contributed by atoms with Crippen LogP contribution in [-0.4, -0.2) is 42.4 Å². The van der Waals surface area contributed by atoms with Crippen LogP contribution in [0.2, 0.25) is 0 Å². The van der Waals surface area contributed by atoms with Crippen LogP contribution in [0.1, 0.15) is 78.6 Å². The maximum atomic E-state index is 13.4. The van der Waals surface area contributed by atoms with E-state index in [4.69, 9.17) is 15.3 Å². The Labute approximate surface area is 204 Å². The van der Waals surface area contributed by atoms with Gasteiger partial charge in [0.2, 0.25) is 5.88 Å². The first-order valence-electron chi connectivity index (χ1n) is 13.1. The number of carboxylic acid groups (broad SMARTS) is 1. The molecular formula is C27H43N3O4. The third-order valence-electron chi connectivity index (χ3n) is 8.03. The second-order valence-electron chi connectivity index (χ2n) is 10.9. The smallest absolute Gasteiger partial charge is 0.331 e. The van der Waals surface area contributed by atoms with Gasteiger partial charge in [-0.05, 0) is 75.0 Å². The van der Waals surface area contributed by atoms with Gasteiger partial charge in [0.05, 0.1) is 6.61 Å². The molecular weight excluding hydrogens is 430 g/mol. The molecule has 5 atom stereocenters. The Morgan fingerprint density at radius 2 is 1.82 bits per heavy atom. The normalized spacial score (nSPS) is 30.7. The number of hydrogen-bond donors (Lipinski definition) is 4. The van der Waals surface area contributed by atoms with Gasteiger partial charge < -0.3 is 25.9 Å². The Kier molecular flexibility index (Phi) is 9.60. The number of ether oxygens (including phenoxy) is 1. The molecule has 190 valence electrons. The number of rotatable bonds is 10. The molecule has 3 fully saturated rings. The minimum absolute atomic E-state index is 0.107. The summed E-state index contributed by atoms with van der Waals surface area (Å²) >= 11 is 0. The highest BCUT2D eigenvalue weighted by Crippen LogP contribution is 2.44. The zero-order chi connectivity index (χ0) is 24.7. The van der Waals surface area contributed by atoms with E-state index in [2.05, 4.69) is 24.5 Å². The van der Waals surface area contributed by atoms with Gasteiger partial charge in [-0.25, -0.2) is 4.79 Å². The first-order chi connectivity index (χ1) is 16.3. The SMILES string of the molecule is C/C(=C\CN/C(OCC1CCCCC1)=C(\C=N)C(=O)NC1C(C)CC2CC(C)CC1C2)C(=O)O. The number of nitrogens with one attached hydrogen (secondary N) is 3. The van der Waals surface area contributed by atoms with E-state index in [9.17, 15) is 9.59 Å². The Hall–Kier alpha value is -2.31. The van der Waals surface area contributed by atoms with Crippen LogP contribution in [-0.2, 0) is 14.3 Å². The van der Waals surface area contributed by atoms with Gasteiger partial charge in [-0.15, -0.1) is 0 Å². The van der Waals surface area contributed by atoms with Crippen LogP contribution in [0, 0.1) is 35.0 Å². The number of amides is 1. The Balaban J connectivity index is 1.74. The molecule has 0 radical (unpaired) electrons. The first kappa shape index (κ1) is 26.3. The molecule has 2 bridgehead atoms. The highest BCUT2D eigenvalue weighted by atomic mass is 16.5. The van der Waals surface area contributed by atoms with Gasteiger partial charge in [-0.1, -0.05) is 39.2 Å². The molecule has 5 unspecified atom stereocenters.